The van der Waals surface area contributed by atoms with Crippen LogP contribution in [0.1, 0.15) is 18.0 Å². The maximum atomic E-state index is 12.8. The Bertz CT molecular complexity index is 417. The number of halogens is 4. The van der Waals surface area contributed by atoms with Crippen molar-refractivity contribution in [2.45, 2.75) is 19.1 Å². The van der Waals surface area contributed by atoms with Gasteiger partial charge in [-0.2, -0.15) is 8.78 Å². The monoisotopic (exact) mass is 324 g/mol. The van der Waals surface area contributed by atoms with Crippen LogP contribution in [0.2, 0.25) is 0 Å². The minimum Gasteiger partial charge on any atom is -0.435 e. The second kappa shape index (κ2) is 9.12. The topological polar surface area (TPSA) is 24.5 Å². The van der Waals surface area contributed by atoms with E-state index in [1.165, 1.54) is 6.07 Å². The summed E-state index contributed by atoms with van der Waals surface area (Å²) in [7, 11) is 0. The third-order valence-corrected chi connectivity index (χ3v) is 3.44. The van der Waals surface area contributed by atoms with E-state index in [2.05, 4.69) is 15.0 Å². The van der Waals surface area contributed by atoms with E-state index in [4.69, 9.17) is 0 Å². The molecule has 120 valence electrons. The van der Waals surface area contributed by atoms with Crippen molar-refractivity contribution in [3.05, 3.63) is 29.8 Å². The third-order valence-electron chi connectivity index (χ3n) is 3.44. The Kier molecular flexibility index (Phi) is 7.85. The lowest BCUT2D eigenvalue weighted by molar-refractivity contribution is -0.0499. The Morgan fingerprint density at radius 2 is 1.95 bits per heavy atom. The van der Waals surface area contributed by atoms with Crippen LogP contribution in [0.4, 0.5) is 13.2 Å². The Hall–Kier alpha value is -0.980. The first-order valence-electron chi connectivity index (χ1n) is 6.76. The molecule has 1 atom stereocenters. The first-order valence-corrected chi connectivity index (χ1v) is 6.76. The zero-order valence-corrected chi connectivity index (χ0v) is 12.4. The Balaban J connectivity index is 0.00000220. The summed E-state index contributed by atoms with van der Waals surface area (Å²) in [5.74, 6) is 0.122. The van der Waals surface area contributed by atoms with Gasteiger partial charge in [-0.3, -0.25) is 9.29 Å². The quantitative estimate of drug-likeness (QED) is 0.870. The fraction of sp³-hybridized carbons (Fsp3) is 0.571. The SMILES string of the molecule is Cl.FCC[C@@H](c1cccc(OC(F)F)c1)N1CCNCC1. The largest absolute Gasteiger partial charge is 0.435 e. The highest BCUT2D eigenvalue weighted by molar-refractivity contribution is 5.85. The lowest BCUT2D eigenvalue weighted by Crippen LogP contribution is -2.45. The summed E-state index contributed by atoms with van der Waals surface area (Å²) in [5.41, 5.74) is 0.822. The fourth-order valence-electron chi connectivity index (χ4n) is 2.56. The average Bonchev–Trinajstić information content (AvgIpc) is 2.45. The molecular formula is C14H20ClF3N2O. The average molecular weight is 325 g/mol. The second-order valence-corrected chi connectivity index (χ2v) is 4.73. The number of piperazine rings is 1. The van der Waals surface area contributed by atoms with E-state index in [1.54, 1.807) is 12.1 Å². The predicted molar refractivity (Wildman–Crippen MR) is 78.1 cm³/mol. The summed E-state index contributed by atoms with van der Waals surface area (Å²) in [6, 6.07) is 6.47. The van der Waals surface area contributed by atoms with Crippen molar-refractivity contribution >= 4 is 12.4 Å². The van der Waals surface area contributed by atoms with Gasteiger partial charge in [-0.25, -0.2) is 0 Å². The van der Waals surface area contributed by atoms with Gasteiger partial charge in [0.1, 0.15) is 5.75 Å². The molecule has 1 aliphatic heterocycles. The van der Waals surface area contributed by atoms with Crippen LogP contribution in [0.15, 0.2) is 24.3 Å². The molecule has 1 aromatic carbocycles. The number of nitrogens with one attached hydrogen (secondary N) is 1. The van der Waals surface area contributed by atoms with Crippen LogP contribution in [0, 0.1) is 0 Å². The molecule has 0 aromatic heterocycles. The van der Waals surface area contributed by atoms with Crippen molar-refractivity contribution < 1.29 is 17.9 Å². The lowest BCUT2D eigenvalue weighted by atomic mass is 10.0. The van der Waals surface area contributed by atoms with Crippen molar-refractivity contribution in [1.29, 1.82) is 0 Å². The van der Waals surface area contributed by atoms with Crippen molar-refractivity contribution in [1.82, 2.24) is 10.2 Å². The number of ether oxygens (including phenoxy) is 1. The van der Waals surface area contributed by atoms with Crippen LogP contribution in [-0.2, 0) is 0 Å². The molecule has 0 spiro atoms. The Labute approximate surface area is 128 Å². The maximum absolute atomic E-state index is 12.8. The van der Waals surface area contributed by atoms with E-state index >= 15 is 0 Å². The van der Waals surface area contributed by atoms with Crippen molar-refractivity contribution in [2.75, 3.05) is 32.9 Å². The zero-order chi connectivity index (χ0) is 14.4. The Morgan fingerprint density at radius 1 is 1.24 bits per heavy atom. The number of benzene rings is 1. The first kappa shape index (κ1) is 18.1. The molecule has 2 rings (SSSR count). The fourth-order valence-corrected chi connectivity index (χ4v) is 2.56. The van der Waals surface area contributed by atoms with Gasteiger partial charge in [0.2, 0.25) is 0 Å². The molecule has 0 radical (unpaired) electrons. The Morgan fingerprint density at radius 3 is 2.57 bits per heavy atom. The molecule has 21 heavy (non-hydrogen) atoms. The van der Waals surface area contributed by atoms with Crippen molar-refractivity contribution in [3.8, 4) is 5.75 Å². The molecule has 0 bridgehead atoms. The number of nitrogens with zero attached hydrogens (tertiary/aromatic N) is 1. The maximum Gasteiger partial charge on any atom is 0.387 e. The number of rotatable bonds is 6. The molecular weight excluding hydrogens is 305 g/mol. The highest BCUT2D eigenvalue weighted by Gasteiger charge is 2.22. The molecule has 1 heterocycles. The van der Waals surface area contributed by atoms with Gasteiger partial charge in [-0.1, -0.05) is 12.1 Å². The third kappa shape index (κ3) is 5.37. The van der Waals surface area contributed by atoms with E-state index in [-0.39, 0.29) is 24.2 Å². The van der Waals surface area contributed by atoms with Gasteiger partial charge in [0, 0.05) is 32.2 Å². The van der Waals surface area contributed by atoms with Crippen molar-refractivity contribution in [3.63, 3.8) is 0 Å². The molecule has 1 saturated heterocycles. The molecule has 1 aromatic rings. The molecule has 0 amide bonds. The number of hydrogen-bond acceptors (Lipinski definition) is 3. The minimum atomic E-state index is -2.84. The zero-order valence-electron chi connectivity index (χ0n) is 11.6. The number of hydrogen-bond donors (Lipinski definition) is 1. The van der Waals surface area contributed by atoms with E-state index in [9.17, 15) is 13.2 Å². The summed E-state index contributed by atoms with van der Waals surface area (Å²) in [5, 5.41) is 3.24. The van der Waals surface area contributed by atoms with Gasteiger partial charge in [-0.15, -0.1) is 12.4 Å². The minimum absolute atomic E-state index is 0. The van der Waals surface area contributed by atoms with Crippen LogP contribution in [0.5, 0.6) is 5.75 Å². The molecule has 7 heteroatoms. The van der Waals surface area contributed by atoms with Gasteiger partial charge in [0.05, 0.1) is 6.67 Å². The molecule has 1 N–H and O–H groups in total. The molecule has 1 fully saturated rings. The van der Waals surface area contributed by atoms with E-state index in [0.29, 0.717) is 6.42 Å². The summed E-state index contributed by atoms with van der Waals surface area (Å²) in [6.07, 6.45) is 0.359. The summed E-state index contributed by atoms with van der Waals surface area (Å²) in [6.45, 7) is 0.0829. The molecule has 0 unspecified atom stereocenters. The molecule has 3 nitrogen and oxygen atoms in total. The summed E-state index contributed by atoms with van der Waals surface area (Å²) in [4.78, 5) is 2.18. The van der Waals surface area contributed by atoms with Crippen LogP contribution >= 0.6 is 12.4 Å². The predicted octanol–water partition coefficient (Wildman–Crippen LogP) is 3.02. The first-order chi connectivity index (χ1) is 9.70. The van der Waals surface area contributed by atoms with Crippen LogP contribution in [0.25, 0.3) is 0 Å². The lowest BCUT2D eigenvalue weighted by Gasteiger charge is -2.35. The second-order valence-electron chi connectivity index (χ2n) is 4.73. The van der Waals surface area contributed by atoms with E-state index in [1.807, 2.05) is 6.07 Å². The number of alkyl halides is 3. The van der Waals surface area contributed by atoms with Crippen LogP contribution in [0.3, 0.4) is 0 Å². The van der Waals surface area contributed by atoms with E-state index in [0.717, 1.165) is 31.7 Å². The molecule has 0 aliphatic carbocycles. The van der Waals surface area contributed by atoms with Gasteiger partial charge in [0.25, 0.3) is 0 Å². The molecule has 1 aliphatic rings. The van der Waals surface area contributed by atoms with Crippen molar-refractivity contribution in [2.24, 2.45) is 0 Å². The summed E-state index contributed by atoms with van der Waals surface area (Å²) >= 11 is 0. The molecule has 0 saturated carbocycles. The van der Waals surface area contributed by atoms with Gasteiger partial charge in [-0.05, 0) is 24.1 Å². The normalized spacial score (nSPS) is 17.3. The van der Waals surface area contributed by atoms with Gasteiger partial charge >= 0.3 is 6.61 Å². The summed E-state index contributed by atoms with van der Waals surface area (Å²) < 4.78 is 41.7. The highest BCUT2D eigenvalue weighted by atomic mass is 35.5. The highest BCUT2D eigenvalue weighted by Crippen LogP contribution is 2.28. The van der Waals surface area contributed by atoms with Gasteiger partial charge in [0.15, 0.2) is 0 Å². The van der Waals surface area contributed by atoms with E-state index < -0.39 is 13.3 Å². The standard InChI is InChI=1S/C14H19F3N2O.ClH/c15-5-4-13(19-8-6-18-7-9-19)11-2-1-3-12(10-11)20-14(16)17;/h1-3,10,13-14,18H,4-9H2;1H/t13-;/m0./s1. The smallest absolute Gasteiger partial charge is 0.387 e. The van der Waals surface area contributed by atoms with Crippen LogP contribution in [-0.4, -0.2) is 44.4 Å². The van der Waals surface area contributed by atoms with Gasteiger partial charge < -0.3 is 10.1 Å². The van der Waals surface area contributed by atoms with Crippen LogP contribution < -0.4 is 10.1 Å².